The quantitative estimate of drug-likeness (QED) is 0.607. The van der Waals surface area contributed by atoms with Gasteiger partial charge in [-0.3, -0.25) is 0 Å². The minimum Gasteiger partial charge on any atom is -0.446 e. The van der Waals surface area contributed by atoms with Crippen molar-refractivity contribution in [3.05, 3.63) is 12.2 Å². The zero-order chi connectivity index (χ0) is 15.3. The lowest BCUT2D eigenvalue weighted by atomic mass is 10.2. The molecule has 1 rings (SSSR count). The van der Waals surface area contributed by atoms with E-state index in [1.807, 2.05) is 0 Å². The number of nitrogens with one attached hydrogen (secondary N) is 1. The van der Waals surface area contributed by atoms with Crippen molar-refractivity contribution in [3.63, 3.8) is 0 Å². The molecule has 1 unspecified atom stereocenters. The maximum Gasteiger partial charge on any atom is 0.429 e. The highest BCUT2D eigenvalue weighted by molar-refractivity contribution is 5.74. The monoisotopic (exact) mass is 286 g/mol. The largest absolute Gasteiger partial charge is 0.446 e. The molecule has 2 N–H and O–H groups in total. The molecule has 0 aromatic rings. The molecule has 0 heterocycles. The Bertz CT molecular complexity index is 381. The van der Waals surface area contributed by atoms with Gasteiger partial charge in [0.25, 0.3) is 0 Å². The average Bonchev–Trinajstić information content (AvgIpc) is 2.70. The number of aliphatic hydroxyl groups is 1. The second-order valence-electron chi connectivity index (χ2n) is 5.09. The summed E-state index contributed by atoms with van der Waals surface area (Å²) in [5.74, 6) is 0. The van der Waals surface area contributed by atoms with Crippen LogP contribution in [0.1, 0.15) is 34.1 Å². The third-order valence-corrected chi connectivity index (χ3v) is 2.52. The lowest BCUT2D eigenvalue weighted by molar-refractivity contribution is 0.0110. The van der Waals surface area contributed by atoms with E-state index in [0.29, 0.717) is 6.42 Å². The molecule has 0 aromatic heterocycles. The number of ether oxygens (including phenoxy) is 2. The van der Waals surface area contributed by atoms with Crippen LogP contribution in [-0.4, -0.2) is 46.7 Å². The summed E-state index contributed by atoms with van der Waals surface area (Å²) < 4.78 is 9.99. The molecule has 114 valence electrons. The molecule has 2 amide bonds. The normalized spacial score (nSPS) is 21.1. The maximum atomic E-state index is 12.0. The topological polar surface area (TPSA) is 88.1 Å². The maximum absolute atomic E-state index is 12.0. The van der Waals surface area contributed by atoms with Crippen molar-refractivity contribution in [2.45, 2.75) is 58.5 Å². The summed E-state index contributed by atoms with van der Waals surface area (Å²) >= 11 is 0. The molecule has 1 aliphatic rings. The molecule has 0 saturated heterocycles. The SMILES string of the molecule is CC(C)OC(=O)NN(C(=O)OC(C)C)C1CC=C[C@@H]1O. The molecule has 7 nitrogen and oxygen atoms in total. The van der Waals surface area contributed by atoms with Gasteiger partial charge in [-0.15, -0.1) is 0 Å². The number of hydrogen-bond acceptors (Lipinski definition) is 5. The summed E-state index contributed by atoms with van der Waals surface area (Å²) in [6.45, 7) is 6.79. The van der Waals surface area contributed by atoms with Gasteiger partial charge in [-0.05, 0) is 34.1 Å². The lowest BCUT2D eigenvalue weighted by Gasteiger charge is -2.30. The fourth-order valence-corrected chi connectivity index (χ4v) is 1.74. The van der Waals surface area contributed by atoms with Crippen LogP contribution in [0, 0.1) is 0 Å². The smallest absolute Gasteiger partial charge is 0.429 e. The Labute approximate surface area is 118 Å². The minimum atomic E-state index is -0.853. The van der Waals surface area contributed by atoms with E-state index in [1.54, 1.807) is 39.8 Å². The van der Waals surface area contributed by atoms with Crippen LogP contribution >= 0.6 is 0 Å². The van der Waals surface area contributed by atoms with E-state index >= 15 is 0 Å². The molecular weight excluding hydrogens is 264 g/mol. The van der Waals surface area contributed by atoms with Crippen molar-refractivity contribution in [1.29, 1.82) is 0 Å². The van der Waals surface area contributed by atoms with Crippen molar-refractivity contribution in [2.75, 3.05) is 0 Å². The Balaban J connectivity index is 2.74. The van der Waals surface area contributed by atoms with E-state index in [2.05, 4.69) is 5.43 Å². The number of amides is 2. The number of nitrogens with zero attached hydrogens (tertiary/aromatic N) is 1. The Hall–Kier alpha value is -1.76. The highest BCUT2D eigenvalue weighted by atomic mass is 16.6. The standard InChI is InChI=1S/C13H22N2O5/c1-8(2)19-12(17)14-15(13(18)20-9(3)4)10-6-5-7-11(10)16/h5,7-11,16H,6H2,1-4H3,(H,14,17)/t10?,11-/m0/s1. The number of hydrogen-bond donors (Lipinski definition) is 2. The van der Waals surface area contributed by atoms with Crippen LogP contribution in [0.4, 0.5) is 9.59 Å². The molecule has 0 fully saturated rings. The first-order valence-corrected chi connectivity index (χ1v) is 6.63. The van der Waals surface area contributed by atoms with Crippen LogP contribution in [0.3, 0.4) is 0 Å². The van der Waals surface area contributed by atoms with Gasteiger partial charge in [0.1, 0.15) is 0 Å². The van der Waals surface area contributed by atoms with E-state index in [1.165, 1.54) is 0 Å². The van der Waals surface area contributed by atoms with Gasteiger partial charge in [0.05, 0.1) is 24.4 Å². The zero-order valence-electron chi connectivity index (χ0n) is 12.2. The number of aliphatic hydroxyl groups excluding tert-OH is 1. The highest BCUT2D eigenvalue weighted by Gasteiger charge is 2.34. The zero-order valence-corrected chi connectivity index (χ0v) is 12.2. The molecule has 20 heavy (non-hydrogen) atoms. The molecule has 7 heteroatoms. The van der Waals surface area contributed by atoms with Crippen molar-refractivity contribution in [2.24, 2.45) is 0 Å². The Morgan fingerprint density at radius 2 is 1.85 bits per heavy atom. The fraction of sp³-hybridized carbons (Fsp3) is 0.692. The van der Waals surface area contributed by atoms with E-state index in [0.717, 1.165) is 5.01 Å². The van der Waals surface area contributed by atoms with Gasteiger partial charge in [0.2, 0.25) is 0 Å². The van der Waals surface area contributed by atoms with E-state index in [9.17, 15) is 14.7 Å². The van der Waals surface area contributed by atoms with Gasteiger partial charge in [-0.25, -0.2) is 20.0 Å². The van der Waals surface area contributed by atoms with Crippen LogP contribution in [0.15, 0.2) is 12.2 Å². The summed E-state index contributed by atoms with van der Waals surface area (Å²) in [5, 5.41) is 10.8. The summed E-state index contributed by atoms with van der Waals surface area (Å²) in [7, 11) is 0. The highest BCUT2D eigenvalue weighted by Crippen LogP contribution is 2.17. The van der Waals surface area contributed by atoms with Gasteiger partial charge in [-0.1, -0.05) is 12.2 Å². The molecule has 1 aliphatic carbocycles. The first-order valence-electron chi connectivity index (χ1n) is 6.63. The van der Waals surface area contributed by atoms with Crippen LogP contribution in [0.5, 0.6) is 0 Å². The molecular formula is C13H22N2O5. The first-order chi connectivity index (χ1) is 9.31. The Morgan fingerprint density at radius 3 is 2.30 bits per heavy atom. The lowest BCUT2D eigenvalue weighted by Crippen LogP contribution is -2.55. The van der Waals surface area contributed by atoms with Crippen molar-refractivity contribution in [1.82, 2.24) is 10.4 Å². The van der Waals surface area contributed by atoms with Crippen LogP contribution in [-0.2, 0) is 9.47 Å². The van der Waals surface area contributed by atoms with E-state index < -0.39 is 24.3 Å². The predicted molar refractivity (Wildman–Crippen MR) is 71.8 cm³/mol. The second kappa shape index (κ2) is 7.14. The minimum absolute atomic E-state index is 0.315. The molecule has 0 aliphatic heterocycles. The molecule has 0 bridgehead atoms. The van der Waals surface area contributed by atoms with Gasteiger partial charge in [0, 0.05) is 0 Å². The Morgan fingerprint density at radius 1 is 1.25 bits per heavy atom. The summed E-state index contributed by atoms with van der Waals surface area (Å²) in [6.07, 6.45) is 0.735. The first kappa shape index (κ1) is 16.3. The fourth-order valence-electron chi connectivity index (χ4n) is 1.74. The van der Waals surface area contributed by atoms with Crippen molar-refractivity contribution >= 4 is 12.2 Å². The molecule has 0 saturated carbocycles. The second-order valence-corrected chi connectivity index (χ2v) is 5.09. The summed E-state index contributed by atoms with van der Waals surface area (Å²) in [6, 6.07) is -0.596. The molecule has 0 aromatic carbocycles. The summed E-state index contributed by atoms with van der Waals surface area (Å²) in [5.41, 5.74) is 2.32. The molecule has 0 spiro atoms. The van der Waals surface area contributed by atoms with Crippen molar-refractivity contribution < 1.29 is 24.2 Å². The molecule has 2 atom stereocenters. The van der Waals surface area contributed by atoms with Gasteiger partial charge < -0.3 is 14.6 Å². The van der Waals surface area contributed by atoms with Crippen LogP contribution in [0.2, 0.25) is 0 Å². The van der Waals surface area contributed by atoms with Gasteiger partial charge in [-0.2, -0.15) is 0 Å². The third-order valence-electron chi connectivity index (χ3n) is 2.52. The van der Waals surface area contributed by atoms with Gasteiger partial charge in [0.15, 0.2) is 0 Å². The number of carbonyl (C=O) groups excluding carboxylic acids is 2. The number of rotatable bonds is 3. The predicted octanol–water partition coefficient (Wildman–Crippen LogP) is 1.57. The number of carbonyl (C=O) groups is 2. The average molecular weight is 286 g/mol. The third kappa shape index (κ3) is 4.73. The van der Waals surface area contributed by atoms with Crippen LogP contribution in [0.25, 0.3) is 0 Å². The van der Waals surface area contributed by atoms with E-state index in [-0.39, 0.29) is 12.2 Å². The molecule has 0 radical (unpaired) electrons. The van der Waals surface area contributed by atoms with Crippen LogP contribution < -0.4 is 5.43 Å². The summed E-state index contributed by atoms with van der Waals surface area (Å²) in [4.78, 5) is 23.6. The van der Waals surface area contributed by atoms with Gasteiger partial charge >= 0.3 is 12.2 Å². The van der Waals surface area contributed by atoms with Crippen molar-refractivity contribution in [3.8, 4) is 0 Å². The van der Waals surface area contributed by atoms with E-state index in [4.69, 9.17) is 9.47 Å². The number of hydrazine groups is 1. The Kier molecular flexibility index (Phi) is 5.82.